The minimum absolute atomic E-state index is 0.0258. The number of nitrogens with zero attached hydrogens (tertiary/aromatic N) is 3. The van der Waals surface area contributed by atoms with Crippen molar-refractivity contribution in [3.05, 3.63) is 40.8 Å². The number of likely N-dealkylation sites (N-methyl/N-ethyl adjacent to an activating group) is 1. The summed E-state index contributed by atoms with van der Waals surface area (Å²) in [6.45, 7) is 2.95. The van der Waals surface area contributed by atoms with E-state index in [0.29, 0.717) is 35.9 Å². The molecule has 1 saturated carbocycles. The van der Waals surface area contributed by atoms with E-state index in [1.54, 1.807) is 25.8 Å². The normalized spacial score (nSPS) is 24.7. The van der Waals surface area contributed by atoms with Gasteiger partial charge in [-0.15, -0.1) is 0 Å². The number of nitrogens with one attached hydrogen (secondary N) is 1. The first-order valence-corrected chi connectivity index (χ1v) is 10.5. The van der Waals surface area contributed by atoms with E-state index in [-0.39, 0.29) is 30.1 Å². The number of ketones is 1. The van der Waals surface area contributed by atoms with E-state index in [0.717, 1.165) is 12.1 Å². The molecule has 10 heteroatoms. The summed E-state index contributed by atoms with van der Waals surface area (Å²) in [5.41, 5.74) is 1.28. The number of hydrogen-bond acceptors (Lipinski definition) is 6. The number of anilines is 2. The van der Waals surface area contributed by atoms with E-state index in [2.05, 4.69) is 15.3 Å². The van der Waals surface area contributed by atoms with Crippen LogP contribution in [0.3, 0.4) is 0 Å². The van der Waals surface area contributed by atoms with Gasteiger partial charge in [0.05, 0.1) is 18.6 Å². The highest BCUT2D eigenvalue weighted by Crippen LogP contribution is 2.39. The Morgan fingerprint density at radius 2 is 1.84 bits per heavy atom. The third kappa shape index (κ3) is 3.98. The molecule has 4 rings (SSSR count). The zero-order chi connectivity index (χ0) is 23.2. The Hall–Kier alpha value is -2.91. The van der Waals surface area contributed by atoms with Crippen molar-refractivity contribution in [2.45, 2.75) is 57.2 Å². The van der Waals surface area contributed by atoms with Crippen molar-refractivity contribution in [2.24, 2.45) is 0 Å². The number of carbonyl (C=O) groups excluding carboxylic acids is 1. The van der Waals surface area contributed by atoms with Gasteiger partial charge in [-0.05, 0) is 20.3 Å². The number of aryl methyl sites for hydroxylation is 1. The van der Waals surface area contributed by atoms with Crippen molar-refractivity contribution in [1.29, 1.82) is 0 Å². The van der Waals surface area contributed by atoms with Crippen LogP contribution in [-0.2, 0) is 4.79 Å². The summed E-state index contributed by atoms with van der Waals surface area (Å²) in [5, 5.41) is 3.21. The Morgan fingerprint density at radius 3 is 2.47 bits per heavy atom. The minimum atomic E-state index is -1.53. The Balaban J connectivity index is 1.44. The van der Waals surface area contributed by atoms with E-state index in [1.165, 1.54) is 0 Å². The van der Waals surface area contributed by atoms with Crippen molar-refractivity contribution < 1.29 is 27.1 Å². The molecule has 0 radical (unpaired) electrons. The quantitative estimate of drug-likeness (QED) is 0.527. The molecular formula is C22H24F4N4O2. The minimum Gasteiger partial charge on any atom is -0.490 e. The lowest BCUT2D eigenvalue weighted by Crippen LogP contribution is -2.45. The van der Waals surface area contributed by atoms with Crippen LogP contribution in [0.1, 0.15) is 43.4 Å². The highest BCUT2D eigenvalue weighted by atomic mass is 19.2. The summed E-state index contributed by atoms with van der Waals surface area (Å²) >= 11 is 0. The molecule has 0 amide bonds. The van der Waals surface area contributed by atoms with Gasteiger partial charge in [-0.1, -0.05) is 0 Å². The summed E-state index contributed by atoms with van der Waals surface area (Å²) in [7, 11) is 1.78. The molecule has 32 heavy (non-hydrogen) atoms. The van der Waals surface area contributed by atoms with Gasteiger partial charge in [0.2, 0.25) is 5.95 Å². The maximum absolute atomic E-state index is 13.3. The summed E-state index contributed by atoms with van der Waals surface area (Å²) in [4.78, 5) is 23.5. The van der Waals surface area contributed by atoms with Gasteiger partial charge in [-0.3, -0.25) is 9.18 Å². The number of benzene rings is 1. The monoisotopic (exact) mass is 452 g/mol. The van der Waals surface area contributed by atoms with Crippen LogP contribution in [0.5, 0.6) is 5.75 Å². The molecule has 0 saturated heterocycles. The Labute approximate surface area is 183 Å². The van der Waals surface area contributed by atoms with Gasteiger partial charge in [0, 0.05) is 49.3 Å². The molecule has 2 aromatic rings. The van der Waals surface area contributed by atoms with Crippen LogP contribution in [0, 0.1) is 24.4 Å². The highest BCUT2D eigenvalue weighted by molar-refractivity contribution is 5.96. The number of hydrogen-bond donors (Lipinski definition) is 1. The zero-order valence-corrected chi connectivity index (χ0v) is 18.0. The second-order valence-electron chi connectivity index (χ2n) is 8.34. The van der Waals surface area contributed by atoms with E-state index in [1.807, 2.05) is 0 Å². The summed E-state index contributed by atoms with van der Waals surface area (Å²) in [6, 6.07) is 1.20. The molecule has 172 valence electrons. The first-order valence-electron chi connectivity index (χ1n) is 10.5. The number of fused-ring (bicyclic) bond motifs is 1. The molecular weight excluding hydrogens is 428 g/mol. The maximum Gasteiger partial charge on any atom is 0.225 e. The van der Waals surface area contributed by atoms with Crippen LogP contribution in [0.2, 0.25) is 0 Å². The van der Waals surface area contributed by atoms with Crippen molar-refractivity contribution in [3.63, 3.8) is 0 Å². The third-order valence-electron chi connectivity index (χ3n) is 6.22. The lowest BCUT2D eigenvalue weighted by atomic mass is 9.84. The molecule has 2 heterocycles. The summed E-state index contributed by atoms with van der Waals surface area (Å²) < 4.78 is 58.4. The number of alkyl halides is 1. The molecule has 1 N–H and O–H groups in total. The van der Waals surface area contributed by atoms with Crippen molar-refractivity contribution in [3.8, 4) is 5.75 Å². The lowest BCUT2D eigenvalue weighted by Gasteiger charge is -2.38. The first kappa shape index (κ1) is 22.3. The molecule has 0 spiro atoms. The molecule has 0 bridgehead atoms. The van der Waals surface area contributed by atoms with E-state index in [9.17, 15) is 22.4 Å². The number of aromatic nitrogens is 2. The van der Waals surface area contributed by atoms with E-state index >= 15 is 0 Å². The topological polar surface area (TPSA) is 67.4 Å². The number of halogens is 4. The molecule has 6 nitrogen and oxygen atoms in total. The van der Waals surface area contributed by atoms with Crippen LogP contribution in [0.4, 0.5) is 29.3 Å². The molecule has 1 aromatic heterocycles. The van der Waals surface area contributed by atoms with Gasteiger partial charge >= 0.3 is 0 Å². The maximum atomic E-state index is 13.3. The number of carbonyl (C=O) groups is 1. The van der Waals surface area contributed by atoms with Crippen LogP contribution in [0.15, 0.2) is 12.1 Å². The number of Topliss-reactive ketones (excluding diaryl/α,β-unsaturated/α-hetero) is 1. The Morgan fingerprint density at radius 1 is 1.19 bits per heavy atom. The SMILES string of the molecule is Cc1nc(NC2CC(Oc3cc(F)c(F)c(F)c3)C2)nc2c1C(CCF)C(=O)[C@H](C)N2C. The average Bonchev–Trinajstić information content (AvgIpc) is 2.72. The third-order valence-corrected chi connectivity index (χ3v) is 6.22. The number of rotatable bonds is 6. The molecule has 1 aliphatic heterocycles. The lowest BCUT2D eigenvalue weighted by molar-refractivity contribution is -0.122. The Bertz CT molecular complexity index is 1020. The second kappa shape index (κ2) is 8.55. The van der Waals surface area contributed by atoms with Gasteiger partial charge in [0.25, 0.3) is 0 Å². The summed E-state index contributed by atoms with van der Waals surface area (Å²) in [6.07, 6.45) is 0.891. The molecule has 1 aromatic carbocycles. The van der Waals surface area contributed by atoms with Crippen LogP contribution >= 0.6 is 0 Å². The number of ether oxygens (including phenoxy) is 1. The van der Waals surface area contributed by atoms with Crippen LogP contribution < -0.4 is 15.0 Å². The zero-order valence-electron chi connectivity index (χ0n) is 18.0. The van der Waals surface area contributed by atoms with Gasteiger partial charge in [0.15, 0.2) is 23.2 Å². The van der Waals surface area contributed by atoms with Gasteiger partial charge in [-0.2, -0.15) is 4.98 Å². The fourth-order valence-electron chi connectivity index (χ4n) is 4.27. The van der Waals surface area contributed by atoms with Gasteiger partial charge in [0.1, 0.15) is 17.7 Å². The van der Waals surface area contributed by atoms with Gasteiger partial charge in [-0.25, -0.2) is 18.2 Å². The molecule has 1 aliphatic carbocycles. The standard InChI is InChI=1S/C22H24F4N4O2/c1-10-18-15(4-5-23)20(31)11(2)30(3)21(18)29-22(27-10)28-12-6-13(7-12)32-14-8-16(24)19(26)17(25)9-14/h8-9,11-13,15H,4-7H2,1-3H3,(H,27,28,29)/t11-,12?,13?,15?/m0/s1. The summed E-state index contributed by atoms with van der Waals surface area (Å²) in [5.74, 6) is -3.80. The van der Waals surface area contributed by atoms with E-state index < -0.39 is 36.1 Å². The highest BCUT2D eigenvalue weighted by Gasteiger charge is 2.39. The molecule has 2 aliphatic rings. The van der Waals surface area contributed by atoms with Gasteiger partial charge < -0.3 is 15.0 Å². The Kier molecular flexibility index (Phi) is 5.96. The fraction of sp³-hybridized carbons (Fsp3) is 0.500. The predicted octanol–water partition coefficient (Wildman–Crippen LogP) is 4.07. The molecule has 1 unspecified atom stereocenters. The van der Waals surface area contributed by atoms with E-state index in [4.69, 9.17) is 4.74 Å². The van der Waals surface area contributed by atoms with Crippen LogP contribution in [0.25, 0.3) is 0 Å². The van der Waals surface area contributed by atoms with Crippen molar-refractivity contribution in [2.75, 3.05) is 23.9 Å². The second-order valence-corrected chi connectivity index (χ2v) is 8.34. The predicted molar refractivity (Wildman–Crippen MR) is 110 cm³/mol. The van der Waals surface area contributed by atoms with Crippen molar-refractivity contribution >= 4 is 17.5 Å². The molecule has 1 fully saturated rings. The fourth-order valence-corrected chi connectivity index (χ4v) is 4.27. The molecule has 2 atom stereocenters. The largest absolute Gasteiger partial charge is 0.490 e. The van der Waals surface area contributed by atoms with Crippen molar-refractivity contribution in [1.82, 2.24) is 9.97 Å². The first-order chi connectivity index (χ1) is 15.2. The smallest absolute Gasteiger partial charge is 0.225 e. The van der Waals surface area contributed by atoms with Crippen LogP contribution in [-0.4, -0.2) is 47.7 Å². The average molecular weight is 452 g/mol.